The smallest absolute Gasteiger partial charge is 0.247 e. The molecule has 1 aliphatic rings. The Hall–Kier alpha value is -2.72. The van der Waals surface area contributed by atoms with Crippen LogP contribution in [-0.4, -0.2) is 27.2 Å². The lowest BCUT2D eigenvalue weighted by molar-refractivity contribution is -0.122. The van der Waals surface area contributed by atoms with Crippen molar-refractivity contribution in [3.63, 3.8) is 0 Å². The maximum Gasteiger partial charge on any atom is 0.247 e. The summed E-state index contributed by atoms with van der Waals surface area (Å²) in [5.74, 6) is -0.136. The van der Waals surface area contributed by atoms with Gasteiger partial charge in [0, 0.05) is 25.4 Å². The molecule has 4 rings (SSSR count). The van der Waals surface area contributed by atoms with E-state index in [1.54, 1.807) is 28.2 Å². The number of nitrogens with zero attached hydrogens (tertiary/aromatic N) is 5. The summed E-state index contributed by atoms with van der Waals surface area (Å²) < 4.78 is 2.71. The highest BCUT2D eigenvalue weighted by molar-refractivity contribution is 7.17. The molecule has 0 N–H and O–H groups in total. The highest BCUT2D eigenvalue weighted by Crippen LogP contribution is 2.40. The molecule has 6 nitrogen and oxygen atoms in total. The minimum absolute atomic E-state index is 0.136. The molecular formula is C17H15N5OS. The van der Waals surface area contributed by atoms with Crippen LogP contribution in [0.25, 0.3) is 21.3 Å². The average Bonchev–Trinajstić information content (AvgIpc) is 3.28. The molecule has 2 aromatic heterocycles. The predicted molar refractivity (Wildman–Crippen MR) is 92.5 cm³/mol. The van der Waals surface area contributed by atoms with Gasteiger partial charge in [-0.3, -0.25) is 9.48 Å². The second kappa shape index (κ2) is 5.14. The van der Waals surface area contributed by atoms with E-state index < -0.39 is 5.41 Å². The Bertz CT molecular complexity index is 998. The third kappa shape index (κ3) is 2.11. The molecule has 0 aliphatic carbocycles. The molecule has 1 atom stereocenters. The summed E-state index contributed by atoms with van der Waals surface area (Å²) in [6.07, 6.45) is 4.27. The fourth-order valence-corrected chi connectivity index (χ4v) is 3.86. The van der Waals surface area contributed by atoms with Gasteiger partial charge in [-0.1, -0.05) is 0 Å². The molecule has 120 valence electrons. The van der Waals surface area contributed by atoms with Gasteiger partial charge >= 0.3 is 0 Å². The second-order valence-electron chi connectivity index (χ2n) is 6.25. The second-order valence-corrected chi connectivity index (χ2v) is 7.10. The van der Waals surface area contributed by atoms with Gasteiger partial charge in [-0.15, -0.1) is 11.3 Å². The van der Waals surface area contributed by atoms with Crippen molar-refractivity contribution < 1.29 is 4.79 Å². The zero-order valence-electron chi connectivity index (χ0n) is 13.4. The number of hydrogen-bond donors (Lipinski definition) is 0. The standard InChI is InChI=1S/C17H15N5OS/c1-17(9-18)3-4-22(16(17)23)14-6-11(12-7-20-21(2)8-12)5-13-15(14)24-10-19-13/h5-8,10H,3-4H2,1-2H3/t17-/m1/s1. The first-order valence-electron chi connectivity index (χ1n) is 7.61. The van der Waals surface area contributed by atoms with Crippen LogP contribution in [0.5, 0.6) is 0 Å². The molecule has 1 saturated heterocycles. The van der Waals surface area contributed by atoms with Crippen LogP contribution in [0.1, 0.15) is 13.3 Å². The molecule has 7 heteroatoms. The van der Waals surface area contributed by atoms with Gasteiger partial charge in [-0.2, -0.15) is 10.4 Å². The number of thiazole rings is 1. The molecule has 0 spiro atoms. The van der Waals surface area contributed by atoms with Crippen LogP contribution < -0.4 is 4.90 Å². The molecule has 0 unspecified atom stereocenters. The van der Waals surface area contributed by atoms with Crippen LogP contribution in [0.3, 0.4) is 0 Å². The number of aryl methyl sites for hydroxylation is 1. The number of fused-ring (bicyclic) bond motifs is 1. The van der Waals surface area contributed by atoms with E-state index in [0.29, 0.717) is 13.0 Å². The number of hydrogen-bond acceptors (Lipinski definition) is 5. The summed E-state index contributed by atoms with van der Waals surface area (Å²) in [4.78, 5) is 18.9. The normalized spacial score (nSPS) is 20.7. The van der Waals surface area contributed by atoms with E-state index in [0.717, 1.165) is 27.0 Å². The first-order valence-corrected chi connectivity index (χ1v) is 8.49. The number of nitriles is 1. The number of aromatic nitrogens is 3. The summed E-state index contributed by atoms with van der Waals surface area (Å²) in [5, 5.41) is 13.6. The van der Waals surface area contributed by atoms with E-state index in [-0.39, 0.29) is 5.91 Å². The molecule has 24 heavy (non-hydrogen) atoms. The van der Waals surface area contributed by atoms with Crippen molar-refractivity contribution in [3.05, 3.63) is 30.0 Å². The van der Waals surface area contributed by atoms with Crippen LogP contribution >= 0.6 is 11.3 Å². The topological polar surface area (TPSA) is 74.8 Å². The largest absolute Gasteiger partial charge is 0.309 e. The lowest BCUT2D eigenvalue weighted by Gasteiger charge is -2.19. The highest BCUT2D eigenvalue weighted by Gasteiger charge is 2.44. The van der Waals surface area contributed by atoms with E-state index in [2.05, 4.69) is 16.2 Å². The Balaban J connectivity index is 1.88. The Morgan fingerprint density at radius 1 is 1.38 bits per heavy atom. The van der Waals surface area contributed by atoms with E-state index in [1.165, 1.54) is 11.3 Å². The molecule has 1 aliphatic heterocycles. The van der Waals surface area contributed by atoms with Gasteiger partial charge in [-0.05, 0) is 31.0 Å². The minimum Gasteiger partial charge on any atom is -0.309 e. The number of anilines is 1. The Kier molecular flexibility index (Phi) is 3.18. The summed E-state index contributed by atoms with van der Waals surface area (Å²) >= 11 is 1.51. The molecular weight excluding hydrogens is 322 g/mol. The van der Waals surface area contributed by atoms with Crippen molar-refractivity contribution in [2.24, 2.45) is 12.5 Å². The molecule has 3 heterocycles. The van der Waals surface area contributed by atoms with Crippen molar-refractivity contribution in [1.29, 1.82) is 5.26 Å². The van der Waals surface area contributed by atoms with Gasteiger partial charge < -0.3 is 4.90 Å². The lowest BCUT2D eigenvalue weighted by Crippen LogP contribution is -2.31. The Labute approximate surface area is 143 Å². The van der Waals surface area contributed by atoms with E-state index in [9.17, 15) is 10.1 Å². The summed E-state index contributed by atoms with van der Waals surface area (Å²) in [6, 6.07) is 6.17. The lowest BCUT2D eigenvalue weighted by atomic mass is 9.91. The van der Waals surface area contributed by atoms with Crippen LogP contribution in [0.2, 0.25) is 0 Å². The van der Waals surface area contributed by atoms with E-state index in [4.69, 9.17) is 0 Å². The zero-order valence-corrected chi connectivity index (χ0v) is 14.2. The van der Waals surface area contributed by atoms with Gasteiger partial charge in [0.1, 0.15) is 5.41 Å². The molecule has 1 aromatic carbocycles. The summed E-state index contributed by atoms with van der Waals surface area (Å²) in [7, 11) is 1.87. The maximum atomic E-state index is 12.7. The van der Waals surface area contributed by atoms with Crippen LogP contribution in [0.15, 0.2) is 30.0 Å². The number of benzene rings is 1. The highest BCUT2D eigenvalue weighted by atomic mass is 32.1. The van der Waals surface area contributed by atoms with Crippen molar-refractivity contribution in [1.82, 2.24) is 14.8 Å². The van der Waals surface area contributed by atoms with Crippen molar-refractivity contribution in [2.75, 3.05) is 11.4 Å². The number of carbonyl (C=O) groups excluding carboxylic acids is 1. The molecule has 1 fully saturated rings. The summed E-state index contributed by atoms with van der Waals surface area (Å²) in [5.41, 5.74) is 4.47. The fraction of sp³-hybridized carbons (Fsp3) is 0.294. The fourth-order valence-electron chi connectivity index (χ4n) is 3.06. The minimum atomic E-state index is -0.943. The third-order valence-corrected chi connectivity index (χ3v) is 5.41. The van der Waals surface area contributed by atoms with Gasteiger partial charge in [-0.25, -0.2) is 4.98 Å². The van der Waals surface area contributed by atoms with Gasteiger partial charge in [0.2, 0.25) is 5.91 Å². The molecule has 0 radical (unpaired) electrons. The van der Waals surface area contributed by atoms with Crippen molar-refractivity contribution >= 4 is 33.1 Å². The monoisotopic (exact) mass is 337 g/mol. The number of amides is 1. The molecule has 0 bridgehead atoms. The quantitative estimate of drug-likeness (QED) is 0.720. The first-order chi connectivity index (χ1) is 11.5. The van der Waals surface area contributed by atoms with Gasteiger partial charge in [0.25, 0.3) is 0 Å². The SMILES string of the molecule is Cn1cc(-c2cc(N3CC[C@](C)(C#N)C3=O)c3scnc3c2)cn1. The van der Waals surface area contributed by atoms with Gasteiger partial charge in [0.15, 0.2) is 0 Å². The van der Waals surface area contributed by atoms with Crippen LogP contribution in [0, 0.1) is 16.7 Å². The van der Waals surface area contributed by atoms with E-state index in [1.807, 2.05) is 25.4 Å². The van der Waals surface area contributed by atoms with Crippen molar-refractivity contribution in [2.45, 2.75) is 13.3 Å². The Morgan fingerprint density at radius 3 is 2.88 bits per heavy atom. The first kappa shape index (κ1) is 14.8. The van der Waals surface area contributed by atoms with E-state index >= 15 is 0 Å². The van der Waals surface area contributed by atoms with Crippen LogP contribution in [-0.2, 0) is 11.8 Å². The van der Waals surface area contributed by atoms with Crippen molar-refractivity contribution in [3.8, 4) is 17.2 Å². The zero-order chi connectivity index (χ0) is 16.9. The molecule has 3 aromatic rings. The average molecular weight is 337 g/mol. The Morgan fingerprint density at radius 2 is 2.21 bits per heavy atom. The van der Waals surface area contributed by atoms with Crippen LogP contribution in [0.4, 0.5) is 5.69 Å². The third-order valence-electron chi connectivity index (χ3n) is 4.54. The maximum absolute atomic E-state index is 12.7. The van der Waals surface area contributed by atoms with Gasteiger partial charge in [0.05, 0.1) is 33.7 Å². The predicted octanol–water partition coefficient (Wildman–Crippen LogP) is 2.96. The number of carbonyl (C=O) groups is 1. The molecule has 1 amide bonds. The number of rotatable bonds is 2. The summed E-state index contributed by atoms with van der Waals surface area (Å²) in [6.45, 7) is 2.26. The molecule has 0 saturated carbocycles.